The average Bonchev–Trinajstić information content (AvgIpc) is 2.81. The lowest BCUT2D eigenvalue weighted by Gasteiger charge is -2.30. The SMILES string of the molecule is CCCCCCCCO[Si](CCCBr)(OCCCCCCCC)OCCCCCCCC. The smallest absolute Gasteiger partial charge is 0.373 e. The predicted molar refractivity (Wildman–Crippen MR) is 147 cm³/mol. The molecule has 0 radical (unpaired) electrons. The zero-order chi connectivity index (χ0) is 23.6. The molecular formula is C27H57BrO3Si. The summed E-state index contributed by atoms with van der Waals surface area (Å²) in [5.41, 5.74) is 0. The molecule has 32 heavy (non-hydrogen) atoms. The van der Waals surface area contributed by atoms with E-state index in [1.807, 2.05) is 0 Å². The van der Waals surface area contributed by atoms with Crippen LogP contribution >= 0.6 is 15.9 Å². The summed E-state index contributed by atoms with van der Waals surface area (Å²) in [4.78, 5) is 0. The maximum atomic E-state index is 6.50. The van der Waals surface area contributed by atoms with Gasteiger partial charge in [-0.25, -0.2) is 0 Å². The van der Waals surface area contributed by atoms with Gasteiger partial charge in [-0.15, -0.1) is 0 Å². The monoisotopic (exact) mass is 536 g/mol. The van der Waals surface area contributed by atoms with Crippen molar-refractivity contribution in [3.63, 3.8) is 0 Å². The minimum Gasteiger partial charge on any atom is -0.373 e. The van der Waals surface area contributed by atoms with Crippen LogP contribution in [-0.2, 0) is 13.3 Å². The van der Waals surface area contributed by atoms with E-state index in [1.165, 1.54) is 96.3 Å². The molecule has 0 aromatic carbocycles. The summed E-state index contributed by atoms with van der Waals surface area (Å²) in [6.07, 6.45) is 24.3. The Balaban J connectivity index is 4.51. The second kappa shape index (κ2) is 26.2. The number of hydrogen-bond acceptors (Lipinski definition) is 3. The van der Waals surface area contributed by atoms with Crippen LogP contribution in [0.1, 0.15) is 143 Å². The molecule has 0 N–H and O–H groups in total. The summed E-state index contributed by atoms with van der Waals surface area (Å²) in [7, 11) is -2.57. The molecule has 0 bridgehead atoms. The molecule has 5 heteroatoms. The molecule has 194 valence electrons. The van der Waals surface area contributed by atoms with Crippen molar-refractivity contribution in [1.82, 2.24) is 0 Å². The summed E-state index contributed by atoms with van der Waals surface area (Å²) in [6, 6.07) is 0.944. The summed E-state index contributed by atoms with van der Waals surface area (Å²) in [6.45, 7) is 9.22. The van der Waals surface area contributed by atoms with Crippen molar-refractivity contribution >= 4 is 24.7 Å². The summed E-state index contributed by atoms with van der Waals surface area (Å²) < 4.78 is 19.5. The highest BCUT2D eigenvalue weighted by atomic mass is 79.9. The first-order valence-corrected chi connectivity index (χ1v) is 17.3. The molecule has 0 fully saturated rings. The Labute approximate surface area is 211 Å². The molecule has 0 aromatic rings. The standard InChI is InChI=1S/C27H57BrO3Si/c1-4-7-10-13-16-19-24-29-32(27-22-23-28,30-25-20-17-14-11-8-5-2)31-26-21-18-15-12-9-6-3/h4-27H2,1-3H3. The Morgan fingerprint density at radius 2 is 0.750 bits per heavy atom. The molecule has 0 unspecified atom stereocenters. The van der Waals surface area contributed by atoms with Gasteiger partial charge in [0.25, 0.3) is 0 Å². The summed E-state index contributed by atoms with van der Waals surface area (Å²) >= 11 is 3.61. The van der Waals surface area contributed by atoms with Crippen molar-refractivity contribution in [1.29, 1.82) is 0 Å². The molecule has 0 aliphatic carbocycles. The van der Waals surface area contributed by atoms with Gasteiger partial charge in [0.15, 0.2) is 0 Å². The van der Waals surface area contributed by atoms with E-state index >= 15 is 0 Å². The Bertz CT molecular complexity index is 312. The van der Waals surface area contributed by atoms with Gasteiger partial charge >= 0.3 is 8.80 Å². The van der Waals surface area contributed by atoms with E-state index in [9.17, 15) is 0 Å². The fourth-order valence-corrected chi connectivity index (χ4v) is 7.41. The van der Waals surface area contributed by atoms with E-state index < -0.39 is 8.80 Å². The first kappa shape index (κ1) is 32.6. The van der Waals surface area contributed by atoms with Crippen LogP contribution in [0.15, 0.2) is 0 Å². The highest BCUT2D eigenvalue weighted by Gasteiger charge is 2.40. The summed E-state index contributed by atoms with van der Waals surface area (Å²) in [5.74, 6) is 0. The quantitative estimate of drug-likeness (QED) is 0.0593. The number of unbranched alkanes of at least 4 members (excludes halogenated alkanes) is 15. The van der Waals surface area contributed by atoms with Gasteiger partial charge in [0.1, 0.15) is 0 Å². The maximum Gasteiger partial charge on any atom is 0.500 e. The second-order valence-corrected chi connectivity index (χ2v) is 12.8. The lowest BCUT2D eigenvalue weighted by molar-refractivity contribution is 0.0551. The third-order valence-corrected chi connectivity index (χ3v) is 9.53. The van der Waals surface area contributed by atoms with Crippen molar-refractivity contribution in [2.24, 2.45) is 0 Å². The van der Waals surface area contributed by atoms with Crippen LogP contribution in [0, 0.1) is 0 Å². The summed E-state index contributed by atoms with van der Waals surface area (Å²) in [5, 5.41) is 0.989. The third-order valence-electron chi connectivity index (χ3n) is 6.08. The normalized spacial score (nSPS) is 12.0. The minimum absolute atomic E-state index is 0.799. The van der Waals surface area contributed by atoms with E-state index in [0.29, 0.717) is 0 Å². The van der Waals surface area contributed by atoms with Gasteiger partial charge in [0, 0.05) is 31.2 Å². The largest absolute Gasteiger partial charge is 0.500 e. The van der Waals surface area contributed by atoms with E-state index in [0.717, 1.165) is 56.9 Å². The lowest BCUT2D eigenvalue weighted by atomic mass is 10.1. The molecule has 0 amide bonds. The van der Waals surface area contributed by atoms with Crippen LogP contribution in [-0.4, -0.2) is 34.0 Å². The molecule has 0 rings (SSSR count). The number of hydrogen-bond donors (Lipinski definition) is 0. The molecule has 0 aliphatic heterocycles. The number of alkyl halides is 1. The van der Waals surface area contributed by atoms with E-state index in [4.69, 9.17) is 13.3 Å². The zero-order valence-corrected chi connectivity index (χ0v) is 24.7. The lowest BCUT2D eigenvalue weighted by Crippen LogP contribution is -2.46. The van der Waals surface area contributed by atoms with Gasteiger partial charge < -0.3 is 13.3 Å². The predicted octanol–water partition coefficient (Wildman–Crippen LogP) is 9.84. The Morgan fingerprint density at radius 3 is 1.06 bits per heavy atom. The first-order valence-electron chi connectivity index (χ1n) is 14.2. The van der Waals surface area contributed by atoms with Gasteiger partial charge in [0.05, 0.1) is 0 Å². The van der Waals surface area contributed by atoms with Gasteiger partial charge in [-0.3, -0.25) is 0 Å². The van der Waals surface area contributed by atoms with E-state index in [-0.39, 0.29) is 0 Å². The van der Waals surface area contributed by atoms with Crippen LogP contribution < -0.4 is 0 Å². The molecule has 0 saturated heterocycles. The Morgan fingerprint density at radius 1 is 0.438 bits per heavy atom. The zero-order valence-electron chi connectivity index (χ0n) is 22.1. The van der Waals surface area contributed by atoms with Crippen molar-refractivity contribution in [3.8, 4) is 0 Å². The fourth-order valence-electron chi connectivity index (χ4n) is 3.96. The van der Waals surface area contributed by atoms with E-state index in [2.05, 4.69) is 36.7 Å². The second-order valence-electron chi connectivity index (χ2n) is 9.32. The Kier molecular flexibility index (Phi) is 26.7. The topological polar surface area (TPSA) is 27.7 Å². The van der Waals surface area contributed by atoms with Crippen LogP contribution in [0.4, 0.5) is 0 Å². The minimum atomic E-state index is -2.57. The molecule has 3 nitrogen and oxygen atoms in total. The van der Waals surface area contributed by atoms with Gasteiger partial charge in [-0.05, 0) is 25.7 Å². The van der Waals surface area contributed by atoms with Gasteiger partial charge in [0.2, 0.25) is 0 Å². The number of halogens is 1. The molecule has 0 spiro atoms. The highest BCUT2D eigenvalue weighted by Crippen LogP contribution is 2.22. The first-order chi connectivity index (χ1) is 15.7. The van der Waals surface area contributed by atoms with Gasteiger partial charge in [-0.2, -0.15) is 0 Å². The van der Waals surface area contributed by atoms with Crippen molar-refractivity contribution in [2.75, 3.05) is 25.2 Å². The van der Waals surface area contributed by atoms with Crippen molar-refractivity contribution < 1.29 is 13.3 Å². The molecule has 0 aromatic heterocycles. The van der Waals surface area contributed by atoms with E-state index in [1.54, 1.807) is 0 Å². The van der Waals surface area contributed by atoms with Gasteiger partial charge in [-0.1, -0.05) is 133 Å². The van der Waals surface area contributed by atoms with Crippen LogP contribution in [0.25, 0.3) is 0 Å². The molecule has 0 saturated carbocycles. The molecule has 0 aliphatic rings. The van der Waals surface area contributed by atoms with Crippen molar-refractivity contribution in [2.45, 2.75) is 149 Å². The molecular weight excluding hydrogens is 480 g/mol. The molecule has 0 heterocycles. The van der Waals surface area contributed by atoms with Crippen LogP contribution in [0.3, 0.4) is 0 Å². The van der Waals surface area contributed by atoms with Crippen LogP contribution in [0.5, 0.6) is 0 Å². The third kappa shape index (κ3) is 21.1. The van der Waals surface area contributed by atoms with Crippen molar-refractivity contribution in [3.05, 3.63) is 0 Å². The van der Waals surface area contributed by atoms with Crippen LogP contribution in [0.2, 0.25) is 6.04 Å². The average molecular weight is 538 g/mol. The maximum absolute atomic E-state index is 6.50. The fraction of sp³-hybridized carbons (Fsp3) is 1.00. The molecule has 0 atom stereocenters. The highest BCUT2D eigenvalue weighted by molar-refractivity contribution is 9.09. The Hall–Kier alpha value is 0.577. The number of rotatable bonds is 27.